The number of aliphatic hydroxyl groups is 4. The lowest BCUT2D eigenvalue weighted by molar-refractivity contribution is -0.140. The van der Waals surface area contributed by atoms with E-state index in [1.807, 2.05) is 31.4 Å². The Balaban J connectivity index is 0.00000127. The van der Waals surface area contributed by atoms with Crippen LogP contribution in [0.1, 0.15) is 84.0 Å². The minimum Gasteiger partial charge on any atom is -0.480 e. The van der Waals surface area contributed by atoms with Crippen LogP contribution in [-0.2, 0) is 28.7 Å². The SMILES string of the molecule is CC(=O)CN(CC(=O)O)C(=S)SSCCCCCCSSC(=S)N(CC(=O)O)CC(=O)O.OCCN(CCO)C(=S)SSCCCCCCSSC(=S)N(CCO)CCO.S=C(SSCCCCCCSSC(=S)N1CCOCC1)N1CCOCC1. The largest absolute Gasteiger partial charge is 0.480 e. The Morgan fingerprint density at radius 2 is 0.605 bits per heavy atom. The van der Waals surface area contributed by atoms with Gasteiger partial charge in [0.25, 0.3) is 0 Å². The number of hydrogen-bond donors (Lipinski definition) is 7. The van der Waals surface area contributed by atoms with Gasteiger partial charge in [-0.05, 0) is 110 Å². The summed E-state index contributed by atoms with van der Waals surface area (Å²) in [5, 5.41) is 62.7. The monoisotopic (exact) mass is 1540 g/mol. The third-order valence-electron chi connectivity index (χ3n) is 10.8. The molecule has 0 spiro atoms. The van der Waals surface area contributed by atoms with E-state index >= 15 is 0 Å². The van der Waals surface area contributed by atoms with Crippen molar-refractivity contribution in [2.75, 3.05) is 166 Å². The van der Waals surface area contributed by atoms with Gasteiger partial charge in [0, 0.05) is 86.9 Å². The summed E-state index contributed by atoms with van der Waals surface area (Å²) in [6.07, 6.45) is 13.7. The molecule has 0 aliphatic carbocycles. The van der Waals surface area contributed by atoms with E-state index in [4.69, 9.17) is 119 Å². The van der Waals surface area contributed by atoms with Gasteiger partial charge in [0.2, 0.25) is 0 Å². The highest BCUT2D eigenvalue weighted by molar-refractivity contribution is 8.85. The first-order valence-electron chi connectivity index (χ1n) is 27.6. The van der Waals surface area contributed by atoms with Crippen molar-refractivity contribution in [1.29, 1.82) is 0 Å². The fourth-order valence-electron chi connectivity index (χ4n) is 6.59. The van der Waals surface area contributed by atoms with Crippen LogP contribution in [0.5, 0.6) is 0 Å². The Labute approximate surface area is 589 Å². The highest BCUT2D eigenvalue weighted by Crippen LogP contribution is 2.32. The molecule has 2 fully saturated rings. The van der Waals surface area contributed by atoms with Crippen LogP contribution in [0.25, 0.3) is 0 Å². The molecule has 0 unspecified atom stereocenters. The summed E-state index contributed by atoms with van der Waals surface area (Å²) in [6, 6.07) is 0. The van der Waals surface area contributed by atoms with E-state index < -0.39 is 31.0 Å². The van der Waals surface area contributed by atoms with E-state index in [9.17, 15) is 19.2 Å². The third kappa shape index (κ3) is 51.8. The molecule has 2 aliphatic heterocycles. The molecule has 0 aromatic rings. The summed E-state index contributed by atoms with van der Waals surface area (Å²) in [5.41, 5.74) is 0. The number of Topliss-reactive ketones (excluding diaryl/α,β-unsaturated/α-hetero) is 1. The number of morpholine rings is 2. The Kier molecular flexibility index (Phi) is 62.2. The number of carbonyl (C=O) groups excluding carboxylic acids is 1. The van der Waals surface area contributed by atoms with Gasteiger partial charge >= 0.3 is 17.9 Å². The van der Waals surface area contributed by atoms with Gasteiger partial charge in [-0.1, -0.05) is 177 Å². The second-order valence-corrected chi connectivity index (χ2v) is 36.2. The number of carboxylic acid groups (broad SMARTS) is 3. The smallest absolute Gasteiger partial charge is 0.323 e. The van der Waals surface area contributed by atoms with E-state index in [-0.39, 0.29) is 49.6 Å². The molecule has 0 radical (unpaired) electrons. The average molecular weight is 1540 g/mol. The van der Waals surface area contributed by atoms with Gasteiger partial charge in [0.1, 0.15) is 51.3 Å². The van der Waals surface area contributed by atoms with Crippen LogP contribution in [0.3, 0.4) is 0 Å². The molecule has 2 aliphatic rings. The number of unbranched alkanes of at least 4 members (excludes halogenated alkanes) is 9. The lowest BCUT2D eigenvalue weighted by Crippen LogP contribution is -2.38. The summed E-state index contributed by atoms with van der Waals surface area (Å²) >= 11 is 31.9. The summed E-state index contributed by atoms with van der Waals surface area (Å²) in [5.74, 6) is 2.61. The number of thiocarbonyl (C=S) groups is 6. The van der Waals surface area contributed by atoms with Gasteiger partial charge < -0.3 is 74.6 Å². The summed E-state index contributed by atoms with van der Waals surface area (Å²) in [6.45, 7) is 9.17. The number of carbonyl (C=O) groups is 4. The maximum Gasteiger partial charge on any atom is 0.323 e. The molecule has 86 heavy (non-hydrogen) atoms. The van der Waals surface area contributed by atoms with Gasteiger partial charge in [-0.15, -0.1) is 0 Å². The fourth-order valence-corrected chi connectivity index (χ4v) is 22.2. The molecule has 2 saturated heterocycles. The first-order chi connectivity index (χ1) is 41.4. The first kappa shape index (κ1) is 87.4. The van der Waals surface area contributed by atoms with Gasteiger partial charge in [-0.2, -0.15) is 0 Å². The summed E-state index contributed by atoms with van der Waals surface area (Å²) < 4.78 is 14.8. The van der Waals surface area contributed by atoms with Gasteiger partial charge in [-0.25, -0.2) is 0 Å². The van der Waals surface area contributed by atoms with Gasteiger partial charge in [0.15, 0.2) is 0 Å². The Morgan fingerprint density at radius 1 is 0.372 bits per heavy atom. The molecule has 2 heterocycles. The van der Waals surface area contributed by atoms with Crippen molar-refractivity contribution in [2.45, 2.75) is 84.0 Å². The van der Waals surface area contributed by atoms with Crippen LogP contribution < -0.4 is 0 Å². The highest BCUT2D eigenvalue weighted by atomic mass is 33.1. The maximum absolute atomic E-state index is 11.2. The van der Waals surface area contributed by atoms with Crippen LogP contribution in [0.2, 0.25) is 0 Å². The number of ether oxygens (including phenoxy) is 2. The lowest BCUT2D eigenvalue weighted by atomic mass is 10.2. The zero-order valence-corrected chi connectivity index (χ0v) is 63.2. The van der Waals surface area contributed by atoms with Crippen molar-refractivity contribution in [1.82, 2.24) is 29.4 Å². The Hall–Kier alpha value is 1.38. The predicted octanol–water partition coefficient (Wildman–Crippen LogP) is 10.3. The Morgan fingerprint density at radius 3 is 0.837 bits per heavy atom. The molecule has 0 saturated carbocycles. The van der Waals surface area contributed by atoms with Crippen LogP contribution in [0, 0.1) is 0 Å². The fraction of sp³-hybridized carbons (Fsp3) is 0.796. The van der Waals surface area contributed by atoms with E-state index in [1.54, 1.807) is 43.2 Å². The second-order valence-electron chi connectivity index (χ2n) is 17.9. The number of hydrogen-bond acceptors (Lipinski definition) is 28. The molecule has 498 valence electrons. The summed E-state index contributed by atoms with van der Waals surface area (Å²) in [4.78, 5) is 54.5. The topological polar surface area (TPSA) is 248 Å². The van der Waals surface area contributed by atoms with Crippen molar-refractivity contribution >= 4 is 252 Å². The lowest BCUT2D eigenvalue weighted by Gasteiger charge is -2.28. The van der Waals surface area contributed by atoms with Crippen molar-refractivity contribution in [2.24, 2.45) is 0 Å². The zero-order chi connectivity index (χ0) is 64.0. The zero-order valence-electron chi connectivity index (χ0n) is 48.5. The second kappa shape index (κ2) is 61.3. The number of ketones is 1. The van der Waals surface area contributed by atoms with E-state index in [0.717, 1.165) is 128 Å². The number of nitrogens with zero attached hydrogens (tertiary/aromatic N) is 6. The molecule has 0 atom stereocenters. The van der Waals surface area contributed by atoms with Crippen LogP contribution >= 0.6 is 203 Å². The number of rotatable bonds is 43. The molecule has 0 amide bonds. The highest BCUT2D eigenvalue weighted by Gasteiger charge is 2.20. The van der Waals surface area contributed by atoms with Crippen molar-refractivity contribution in [3.8, 4) is 0 Å². The maximum atomic E-state index is 11.2. The molecule has 2 rings (SSSR count). The van der Waals surface area contributed by atoms with Gasteiger partial charge in [-0.3, -0.25) is 19.2 Å². The van der Waals surface area contributed by atoms with Gasteiger partial charge in [0.05, 0.1) is 59.4 Å². The number of carboxylic acids is 3. The van der Waals surface area contributed by atoms with E-state index in [1.165, 1.54) is 127 Å². The molecule has 19 nitrogen and oxygen atoms in total. The average Bonchev–Trinajstić information content (AvgIpc) is 3.62. The molecule has 0 bridgehead atoms. The molecular weight excluding hydrogens is 1460 g/mol. The van der Waals surface area contributed by atoms with Crippen LogP contribution in [0.15, 0.2) is 0 Å². The molecule has 0 aromatic heterocycles. The van der Waals surface area contributed by atoms with Crippen LogP contribution in [0.4, 0.5) is 0 Å². The van der Waals surface area contributed by atoms with Crippen LogP contribution in [-0.4, -0.2) is 281 Å². The number of aliphatic hydroxyl groups excluding tert-OH is 4. The Bertz CT molecular complexity index is 1740. The predicted molar refractivity (Wildman–Crippen MR) is 404 cm³/mol. The standard InChI is InChI=1S/C17H26N2O7S6.C16H32N2O4S6.C16H28N2O2S6/c1-12(20)8-18(9-13(21)22)16(27)31-29-6-4-2-3-5-7-30-32-17(28)19(10-14(23)24)11-15(25)26;19-9-5-17(6-10-20)15(23)27-25-13-3-1-2-4-14-26-28-16(24)18(7-11-21)8-12-22;21-15(17-5-9-19-10-6-17)25-23-13-3-1-2-4-14-24-26-16(22)18-7-11-20-12-8-18/h2-11H2,1H3,(H,21,22)(H,23,24)(H,25,26);19-22H,1-14H2;1-14H2. The minimum atomic E-state index is -1.13. The van der Waals surface area contributed by atoms with Crippen molar-refractivity contribution in [3.05, 3.63) is 0 Å². The number of aliphatic carboxylic acids is 3. The molecule has 7 N–H and O–H groups in total. The molecule has 0 aromatic carbocycles. The first-order valence-corrected chi connectivity index (χ1v) is 44.0. The molecular formula is C49H86N6O13S18. The minimum absolute atomic E-state index is 0.0117. The van der Waals surface area contributed by atoms with E-state index in [0.29, 0.717) is 39.1 Å². The summed E-state index contributed by atoms with van der Waals surface area (Å²) in [7, 11) is 19.3. The van der Waals surface area contributed by atoms with E-state index in [2.05, 4.69) is 9.80 Å². The third-order valence-corrected chi connectivity index (χ3v) is 29.6. The van der Waals surface area contributed by atoms with Crippen molar-refractivity contribution < 1.29 is 64.4 Å². The van der Waals surface area contributed by atoms with Crippen molar-refractivity contribution in [3.63, 3.8) is 0 Å². The normalized spacial score (nSPS) is 12.9. The quantitative estimate of drug-likeness (QED) is 0.0170. The molecule has 37 heteroatoms.